The predicted octanol–water partition coefficient (Wildman–Crippen LogP) is 2.72. The van der Waals surface area contributed by atoms with E-state index in [1.54, 1.807) is 30.3 Å². The van der Waals surface area contributed by atoms with E-state index in [1.165, 1.54) is 18.2 Å². The lowest BCUT2D eigenvalue weighted by atomic mass is 9.99. The topological polar surface area (TPSA) is 74.6 Å². The molecule has 0 unspecified atom stereocenters. The van der Waals surface area contributed by atoms with Gasteiger partial charge >= 0.3 is 5.97 Å². The third-order valence-electron chi connectivity index (χ3n) is 2.88. The number of rotatable bonds is 4. The first-order valence-electron chi connectivity index (χ1n) is 5.86. The Labute approximate surface area is 115 Å². The highest BCUT2D eigenvalue weighted by Gasteiger charge is 2.15. The zero-order valence-electron chi connectivity index (χ0n) is 10.5. The molecule has 0 aliphatic carbocycles. The van der Waals surface area contributed by atoms with Crippen LogP contribution >= 0.6 is 0 Å². The molecule has 20 heavy (non-hydrogen) atoms. The average molecular weight is 268 g/mol. The number of carbonyl (C=O) groups excluding carboxylic acids is 1. The molecule has 0 saturated carbocycles. The number of carboxylic acids is 1. The van der Waals surface area contributed by atoms with Crippen LogP contribution in [0.4, 0.5) is 0 Å². The van der Waals surface area contributed by atoms with Crippen molar-refractivity contribution in [2.75, 3.05) is 0 Å². The van der Waals surface area contributed by atoms with E-state index in [0.29, 0.717) is 5.56 Å². The van der Waals surface area contributed by atoms with Crippen molar-refractivity contribution in [3.05, 3.63) is 71.8 Å². The van der Waals surface area contributed by atoms with Gasteiger partial charge in [-0.3, -0.25) is 4.79 Å². The molecule has 4 heteroatoms. The van der Waals surface area contributed by atoms with E-state index >= 15 is 0 Å². The first-order valence-corrected chi connectivity index (χ1v) is 5.86. The van der Waals surface area contributed by atoms with E-state index in [9.17, 15) is 14.7 Å². The van der Waals surface area contributed by atoms with Crippen molar-refractivity contribution in [2.45, 2.75) is 0 Å². The van der Waals surface area contributed by atoms with Crippen LogP contribution in [-0.2, 0) is 4.79 Å². The average Bonchev–Trinajstić information content (AvgIpc) is 2.46. The van der Waals surface area contributed by atoms with Gasteiger partial charge in [-0.05, 0) is 17.7 Å². The molecule has 0 heterocycles. The minimum absolute atomic E-state index is 0.123. The van der Waals surface area contributed by atoms with Gasteiger partial charge in [-0.15, -0.1) is 0 Å². The molecule has 0 bridgehead atoms. The second kappa shape index (κ2) is 5.40. The van der Waals surface area contributed by atoms with E-state index in [-0.39, 0.29) is 28.2 Å². The lowest BCUT2D eigenvalue weighted by Crippen LogP contribution is -2.03. The third-order valence-corrected chi connectivity index (χ3v) is 2.88. The SMILES string of the molecule is C=C(C(=O)O)c1ccc(C(=O)c2ccccc2)c(O)c1. The van der Waals surface area contributed by atoms with Crippen molar-refractivity contribution < 1.29 is 19.8 Å². The molecule has 0 radical (unpaired) electrons. The quantitative estimate of drug-likeness (QED) is 0.660. The van der Waals surface area contributed by atoms with Crippen molar-refractivity contribution in [1.82, 2.24) is 0 Å². The highest BCUT2D eigenvalue weighted by molar-refractivity contribution is 6.15. The number of aromatic hydroxyl groups is 1. The van der Waals surface area contributed by atoms with E-state index in [2.05, 4.69) is 6.58 Å². The highest BCUT2D eigenvalue weighted by atomic mass is 16.4. The monoisotopic (exact) mass is 268 g/mol. The van der Waals surface area contributed by atoms with Crippen LogP contribution in [0.3, 0.4) is 0 Å². The van der Waals surface area contributed by atoms with Gasteiger partial charge in [0.05, 0.1) is 11.1 Å². The fourth-order valence-corrected chi connectivity index (χ4v) is 1.78. The summed E-state index contributed by atoms with van der Waals surface area (Å²) in [4.78, 5) is 23.0. The number of ketones is 1. The first kappa shape index (κ1) is 13.5. The molecule has 2 rings (SSSR count). The Morgan fingerprint density at radius 2 is 1.60 bits per heavy atom. The molecule has 0 amide bonds. The lowest BCUT2D eigenvalue weighted by Gasteiger charge is -2.07. The summed E-state index contributed by atoms with van der Waals surface area (Å²) in [7, 11) is 0. The van der Waals surface area contributed by atoms with Crippen LogP contribution in [0.2, 0.25) is 0 Å². The van der Waals surface area contributed by atoms with Gasteiger partial charge in [0.25, 0.3) is 0 Å². The summed E-state index contributed by atoms with van der Waals surface area (Å²) in [5, 5.41) is 18.7. The normalized spacial score (nSPS) is 10.0. The number of phenols is 1. The smallest absolute Gasteiger partial charge is 0.335 e. The number of carbonyl (C=O) groups is 2. The molecule has 2 aromatic rings. The van der Waals surface area contributed by atoms with Crippen LogP contribution in [0.1, 0.15) is 21.5 Å². The van der Waals surface area contributed by atoms with Gasteiger partial charge in [-0.25, -0.2) is 4.79 Å². The number of phenolic OH excluding ortho intramolecular Hbond substituents is 1. The minimum Gasteiger partial charge on any atom is -0.507 e. The molecular weight excluding hydrogens is 256 g/mol. The Morgan fingerprint density at radius 3 is 2.15 bits per heavy atom. The molecule has 0 spiro atoms. The van der Waals surface area contributed by atoms with Gasteiger partial charge in [-0.2, -0.15) is 0 Å². The molecule has 0 fully saturated rings. The number of hydrogen-bond acceptors (Lipinski definition) is 3. The fraction of sp³-hybridized carbons (Fsp3) is 0. The minimum atomic E-state index is -1.17. The fourth-order valence-electron chi connectivity index (χ4n) is 1.78. The summed E-state index contributed by atoms with van der Waals surface area (Å²) in [6.45, 7) is 3.40. The van der Waals surface area contributed by atoms with Crippen molar-refractivity contribution in [2.24, 2.45) is 0 Å². The van der Waals surface area contributed by atoms with Crippen LogP contribution in [0.15, 0.2) is 55.1 Å². The Balaban J connectivity index is 2.38. The zero-order valence-corrected chi connectivity index (χ0v) is 10.5. The van der Waals surface area contributed by atoms with Crippen LogP contribution in [0.25, 0.3) is 5.57 Å². The summed E-state index contributed by atoms with van der Waals surface area (Å²) < 4.78 is 0. The van der Waals surface area contributed by atoms with E-state index in [4.69, 9.17) is 5.11 Å². The molecule has 0 atom stereocenters. The molecule has 0 aliphatic heterocycles. The molecule has 4 nitrogen and oxygen atoms in total. The molecular formula is C16H12O4. The second-order valence-electron chi connectivity index (χ2n) is 4.21. The largest absolute Gasteiger partial charge is 0.507 e. The van der Waals surface area contributed by atoms with E-state index in [0.717, 1.165) is 0 Å². The van der Waals surface area contributed by atoms with Crippen molar-refractivity contribution in [1.29, 1.82) is 0 Å². The van der Waals surface area contributed by atoms with E-state index < -0.39 is 5.97 Å². The number of hydrogen-bond donors (Lipinski definition) is 2. The highest BCUT2D eigenvalue weighted by Crippen LogP contribution is 2.25. The molecule has 2 aromatic carbocycles. The van der Waals surface area contributed by atoms with Crippen LogP contribution in [-0.4, -0.2) is 22.0 Å². The summed E-state index contributed by atoms with van der Waals surface area (Å²) in [5.74, 6) is -1.76. The maximum absolute atomic E-state index is 12.2. The molecule has 100 valence electrons. The standard InChI is InChI=1S/C16H12O4/c1-10(16(19)20)12-7-8-13(14(17)9-12)15(18)11-5-3-2-4-6-11/h2-9,17H,1H2,(H,19,20). The lowest BCUT2D eigenvalue weighted by molar-refractivity contribution is -0.130. The maximum atomic E-state index is 12.2. The zero-order chi connectivity index (χ0) is 14.7. The Bertz CT molecular complexity index is 687. The maximum Gasteiger partial charge on any atom is 0.335 e. The van der Waals surface area contributed by atoms with Crippen molar-refractivity contribution in [3.63, 3.8) is 0 Å². The molecule has 0 saturated heterocycles. The van der Waals surface area contributed by atoms with Gasteiger partial charge in [0.2, 0.25) is 0 Å². The van der Waals surface area contributed by atoms with Gasteiger partial charge < -0.3 is 10.2 Å². The van der Waals surface area contributed by atoms with Crippen molar-refractivity contribution in [3.8, 4) is 5.75 Å². The number of aliphatic carboxylic acids is 1. The first-order chi connectivity index (χ1) is 9.50. The second-order valence-corrected chi connectivity index (χ2v) is 4.21. The summed E-state index contributed by atoms with van der Waals surface area (Å²) >= 11 is 0. The molecule has 2 N–H and O–H groups in total. The van der Waals surface area contributed by atoms with Crippen LogP contribution in [0, 0.1) is 0 Å². The van der Waals surface area contributed by atoms with Gasteiger partial charge in [0, 0.05) is 5.56 Å². The third kappa shape index (κ3) is 2.59. The van der Waals surface area contributed by atoms with Crippen LogP contribution < -0.4 is 0 Å². The van der Waals surface area contributed by atoms with Gasteiger partial charge in [0.1, 0.15) is 5.75 Å². The summed E-state index contributed by atoms with van der Waals surface area (Å²) in [5.41, 5.74) is 0.698. The van der Waals surface area contributed by atoms with Gasteiger partial charge in [-0.1, -0.05) is 43.0 Å². The van der Waals surface area contributed by atoms with E-state index in [1.807, 2.05) is 0 Å². The van der Waals surface area contributed by atoms with Gasteiger partial charge in [0.15, 0.2) is 5.78 Å². The number of carboxylic acid groups (broad SMARTS) is 1. The summed E-state index contributed by atoms with van der Waals surface area (Å²) in [6, 6.07) is 12.6. The molecule has 0 aromatic heterocycles. The molecule has 0 aliphatic rings. The number of benzene rings is 2. The predicted molar refractivity (Wildman–Crippen MR) is 74.7 cm³/mol. The summed E-state index contributed by atoms with van der Waals surface area (Å²) in [6.07, 6.45) is 0. The Morgan fingerprint density at radius 1 is 0.950 bits per heavy atom. The van der Waals surface area contributed by atoms with Crippen LogP contribution in [0.5, 0.6) is 5.75 Å². The Hall–Kier alpha value is -2.88. The Kier molecular flexibility index (Phi) is 3.66. The van der Waals surface area contributed by atoms with Crippen molar-refractivity contribution >= 4 is 17.3 Å².